The average Bonchev–Trinajstić information content (AvgIpc) is 2.62. The van der Waals surface area contributed by atoms with E-state index in [1.54, 1.807) is 12.1 Å². The standard InChI is InChI=1S/C14H19ClFN3/c1-9(2)7-19-13(17)18-8-14(19,3)10-4-5-12(16)11(15)6-10/h4-6,9H,7-8H2,1-3H3,(H2,17,18). The van der Waals surface area contributed by atoms with Gasteiger partial charge in [-0.3, -0.25) is 4.99 Å². The molecule has 2 N–H and O–H groups in total. The first-order valence-corrected chi connectivity index (χ1v) is 6.75. The minimum Gasteiger partial charge on any atom is -0.370 e. The van der Waals surface area contributed by atoms with E-state index in [1.807, 2.05) is 0 Å². The SMILES string of the molecule is CC(C)CN1C(N)=NCC1(C)c1ccc(F)c(Cl)c1. The third-order valence-electron chi connectivity index (χ3n) is 3.51. The minimum atomic E-state index is -0.406. The maximum atomic E-state index is 13.3. The molecule has 0 aliphatic carbocycles. The number of halogens is 2. The van der Waals surface area contributed by atoms with Gasteiger partial charge in [-0.05, 0) is 30.5 Å². The lowest BCUT2D eigenvalue weighted by Crippen LogP contribution is -2.49. The maximum Gasteiger partial charge on any atom is 0.192 e. The van der Waals surface area contributed by atoms with Gasteiger partial charge in [0.05, 0.1) is 17.1 Å². The normalized spacial score (nSPS) is 23.1. The molecule has 19 heavy (non-hydrogen) atoms. The third kappa shape index (κ3) is 2.54. The Morgan fingerprint density at radius 2 is 2.21 bits per heavy atom. The smallest absolute Gasteiger partial charge is 0.192 e. The number of hydrogen-bond acceptors (Lipinski definition) is 3. The van der Waals surface area contributed by atoms with Crippen molar-refractivity contribution in [3.8, 4) is 0 Å². The Balaban J connectivity index is 2.38. The number of rotatable bonds is 3. The van der Waals surface area contributed by atoms with Crippen LogP contribution < -0.4 is 5.73 Å². The molecular formula is C14H19ClFN3. The molecule has 1 unspecified atom stereocenters. The number of aliphatic imine (C=N–C) groups is 1. The largest absolute Gasteiger partial charge is 0.370 e. The van der Waals surface area contributed by atoms with E-state index >= 15 is 0 Å². The molecule has 0 amide bonds. The molecule has 0 aromatic heterocycles. The van der Waals surface area contributed by atoms with Gasteiger partial charge in [-0.25, -0.2) is 4.39 Å². The second kappa shape index (κ2) is 5.00. The molecule has 0 bridgehead atoms. The summed E-state index contributed by atoms with van der Waals surface area (Å²) >= 11 is 5.88. The van der Waals surface area contributed by atoms with Crippen molar-refractivity contribution in [2.24, 2.45) is 16.6 Å². The molecule has 0 fully saturated rings. The maximum absolute atomic E-state index is 13.3. The first kappa shape index (κ1) is 14.1. The number of nitrogens with zero attached hydrogens (tertiary/aromatic N) is 2. The fraction of sp³-hybridized carbons (Fsp3) is 0.500. The van der Waals surface area contributed by atoms with E-state index in [0.29, 0.717) is 18.4 Å². The molecule has 1 aromatic carbocycles. The summed E-state index contributed by atoms with van der Waals surface area (Å²) in [5.41, 5.74) is 6.56. The highest BCUT2D eigenvalue weighted by atomic mass is 35.5. The fourth-order valence-corrected chi connectivity index (χ4v) is 2.58. The lowest BCUT2D eigenvalue weighted by atomic mass is 9.90. The van der Waals surface area contributed by atoms with Crippen LogP contribution in [-0.2, 0) is 5.54 Å². The van der Waals surface area contributed by atoms with Crippen LogP contribution in [-0.4, -0.2) is 23.9 Å². The topological polar surface area (TPSA) is 41.6 Å². The molecule has 2 rings (SSSR count). The van der Waals surface area contributed by atoms with Crippen molar-refractivity contribution >= 4 is 17.6 Å². The van der Waals surface area contributed by atoms with Crippen LogP contribution >= 0.6 is 11.6 Å². The Bertz CT molecular complexity index is 515. The van der Waals surface area contributed by atoms with Gasteiger partial charge in [0.1, 0.15) is 5.82 Å². The number of nitrogens with two attached hydrogens (primary N) is 1. The van der Waals surface area contributed by atoms with Gasteiger partial charge in [0, 0.05) is 6.54 Å². The molecule has 1 heterocycles. The molecular weight excluding hydrogens is 265 g/mol. The first-order chi connectivity index (χ1) is 8.84. The Hall–Kier alpha value is -1.29. The Morgan fingerprint density at radius 1 is 1.53 bits per heavy atom. The van der Waals surface area contributed by atoms with Gasteiger partial charge < -0.3 is 10.6 Å². The van der Waals surface area contributed by atoms with Crippen LogP contribution in [0.4, 0.5) is 4.39 Å². The van der Waals surface area contributed by atoms with Crippen LogP contribution in [0.3, 0.4) is 0 Å². The number of hydrogen-bond donors (Lipinski definition) is 1. The summed E-state index contributed by atoms with van der Waals surface area (Å²) in [6.45, 7) is 7.68. The molecule has 5 heteroatoms. The zero-order chi connectivity index (χ0) is 14.2. The first-order valence-electron chi connectivity index (χ1n) is 6.37. The highest BCUT2D eigenvalue weighted by Crippen LogP contribution is 2.34. The van der Waals surface area contributed by atoms with E-state index in [0.717, 1.165) is 12.1 Å². The molecule has 1 atom stereocenters. The summed E-state index contributed by atoms with van der Waals surface area (Å²) in [7, 11) is 0. The van der Waals surface area contributed by atoms with Crippen molar-refractivity contribution in [3.63, 3.8) is 0 Å². The van der Waals surface area contributed by atoms with Crippen LogP contribution in [0, 0.1) is 11.7 Å². The van der Waals surface area contributed by atoms with Crippen molar-refractivity contribution in [2.75, 3.05) is 13.1 Å². The van der Waals surface area contributed by atoms with Gasteiger partial charge in [-0.2, -0.15) is 0 Å². The highest BCUT2D eigenvalue weighted by molar-refractivity contribution is 6.30. The Labute approximate surface area is 118 Å². The van der Waals surface area contributed by atoms with Crippen LogP contribution in [0.5, 0.6) is 0 Å². The van der Waals surface area contributed by atoms with Crippen molar-refractivity contribution in [1.82, 2.24) is 4.90 Å². The summed E-state index contributed by atoms with van der Waals surface area (Å²) < 4.78 is 13.3. The van der Waals surface area contributed by atoms with Crippen LogP contribution in [0.25, 0.3) is 0 Å². The van der Waals surface area contributed by atoms with Gasteiger partial charge in [-0.1, -0.05) is 31.5 Å². The quantitative estimate of drug-likeness (QED) is 0.927. The molecule has 104 valence electrons. The van der Waals surface area contributed by atoms with E-state index < -0.39 is 5.82 Å². The van der Waals surface area contributed by atoms with Crippen LogP contribution in [0.15, 0.2) is 23.2 Å². The van der Waals surface area contributed by atoms with Gasteiger partial charge in [-0.15, -0.1) is 0 Å². The summed E-state index contributed by atoms with van der Waals surface area (Å²) in [6.07, 6.45) is 0. The molecule has 0 radical (unpaired) electrons. The second-order valence-electron chi connectivity index (χ2n) is 5.58. The van der Waals surface area contributed by atoms with Gasteiger partial charge in [0.15, 0.2) is 5.96 Å². The number of guanidine groups is 1. The van der Waals surface area contributed by atoms with Crippen LogP contribution in [0.1, 0.15) is 26.3 Å². The zero-order valence-electron chi connectivity index (χ0n) is 11.5. The molecule has 1 aromatic rings. The molecule has 1 aliphatic rings. The molecule has 0 saturated heterocycles. The predicted octanol–water partition coefficient (Wildman–Crippen LogP) is 2.98. The minimum absolute atomic E-state index is 0.133. The zero-order valence-corrected chi connectivity index (χ0v) is 12.2. The van der Waals surface area contributed by atoms with Gasteiger partial charge in [0.25, 0.3) is 0 Å². The lowest BCUT2D eigenvalue weighted by molar-refractivity contribution is 0.204. The lowest BCUT2D eigenvalue weighted by Gasteiger charge is -2.38. The summed E-state index contributed by atoms with van der Waals surface area (Å²) in [5, 5.41) is 0.133. The van der Waals surface area contributed by atoms with Crippen molar-refractivity contribution in [3.05, 3.63) is 34.6 Å². The molecule has 1 aliphatic heterocycles. The summed E-state index contributed by atoms with van der Waals surface area (Å²) in [5.74, 6) is 0.593. The average molecular weight is 284 g/mol. The van der Waals surface area contributed by atoms with Crippen LogP contribution in [0.2, 0.25) is 5.02 Å². The summed E-state index contributed by atoms with van der Waals surface area (Å²) in [6, 6.07) is 4.81. The van der Waals surface area contributed by atoms with Crippen molar-refractivity contribution < 1.29 is 4.39 Å². The van der Waals surface area contributed by atoms with Gasteiger partial charge in [0.2, 0.25) is 0 Å². The summed E-state index contributed by atoms with van der Waals surface area (Å²) in [4.78, 5) is 6.41. The number of benzene rings is 1. The van der Waals surface area contributed by atoms with Crippen molar-refractivity contribution in [1.29, 1.82) is 0 Å². The Kier molecular flexibility index (Phi) is 3.72. The van der Waals surface area contributed by atoms with E-state index in [4.69, 9.17) is 17.3 Å². The van der Waals surface area contributed by atoms with E-state index in [9.17, 15) is 4.39 Å². The molecule has 0 saturated carbocycles. The highest BCUT2D eigenvalue weighted by Gasteiger charge is 2.39. The molecule has 0 spiro atoms. The predicted molar refractivity (Wildman–Crippen MR) is 76.8 cm³/mol. The Morgan fingerprint density at radius 3 is 2.79 bits per heavy atom. The third-order valence-corrected chi connectivity index (χ3v) is 3.80. The second-order valence-corrected chi connectivity index (χ2v) is 5.99. The van der Waals surface area contributed by atoms with E-state index in [1.165, 1.54) is 6.07 Å². The molecule has 3 nitrogen and oxygen atoms in total. The van der Waals surface area contributed by atoms with Crippen molar-refractivity contribution in [2.45, 2.75) is 26.3 Å². The monoisotopic (exact) mass is 283 g/mol. The fourth-order valence-electron chi connectivity index (χ4n) is 2.40. The van der Waals surface area contributed by atoms with Gasteiger partial charge >= 0.3 is 0 Å². The van der Waals surface area contributed by atoms with E-state index in [-0.39, 0.29) is 10.6 Å². The van der Waals surface area contributed by atoms with E-state index in [2.05, 4.69) is 30.7 Å².